The Kier molecular flexibility index (Phi) is 2.55. The molecule has 1 aromatic carbocycles. The SMILES string of the molecule is Clc1ncc(-c2ccccc2I)o1. The highest BCUT2D eigenvalue weighted by molar-refractivity contribution is 14.1. The average Bonchev–Trinajstić information content (AvgIpc) is 2.53. The summed E-state index contributed by atoms with van der Waals surface area (Å²) in [7, 11) is 0. The zero-order chi connectivity index (χ0) is 9.26. The van der Waals surface area contributed by atoms with E-state index in [1.54, 1.807) is 6.20 Å². The highest BCUT2D eigenvalue weighted by Crippen LogP contribution is 2.26. The van der Waals surface area contributed by atoms with Crippen molar-refractivity contribution < 1.29 is 4.42 Å². The highest BCUT2D eigenvalue weighted by Gasteiger charge is 2.06. The zero-order valence-electron chi connectivity index (χ0n) is 6.50. The van der Waals surface area contributed by atoms with E-state index in [9.17, 15) is 0 Å². The number of halogens is 2. The van der Waals surface area contributed by atoms with Crippen molar-refractivity contribution in [2.75, 3.05) is 0 Å². The van der Waals surface area contributed by atoms with E-state index >= 15 is 0 Å². The summed E-state index contributed by atoms with van der Waals surface area (Å²) in [5, 5.41) is 0.176. The first-order valence-corrected chi connectivity index (χ1v) is 5.09. The largest absolute Gasteiger partial charge is 0.428 e. The van der Waals surface area contributed by atoms with E-state index in [0.29, 0.717) is 5.76 Å². The van der Waals surface area contributed by atoms with Gasteiger partial charge >= 0.3 is 0 Å². The van der Waals surface area contributed by atoms with Gasteiger partial charge in [-0.25, -0.2) is 4.98 Å². The lowest BCUT2D eigenvalue weighted by Gasteiger charge is -1.97. The van der Waals surface area contributed by atoms with Gasteiger partial charge in [0.05, 0.1) is 6.20 Å². The number of hydrogen-bond acceptors (Lipinski definition) is 2. The Hall–Kier alpha value is -0.550. The minimum Gasteiger partial charge on any atom is -0.428 e. The molecule has 1 heterocycles. The van der Waals surface area contributed by atoms with Crippen molar-refractivity contribution >= 4 is 34.2 Å². The van der Waals surface area contributed by atoms with Gasteiger partial charge in [-0.1, -0.05) is 18.2 Å². The number of hydrogen-bond donors (Lipinski definition) is 0. The molecular formula is C9H5ClINO. The Balaban J connectivity index is 2.52. The monoisotopic (exact) mass is 305 g/mol. The molecule has 0 saturated heterocycles. The van der Waals surface area contributed by atoms with Gasteiger partial charge in [-0.05, 0) is 40.3 Å². The van der Waals surface area contributed by atoms with Crippen molar-refractivity contribution in [1.82, 2.24) is 4.98 Å². The Bertz CT molecular complexity index is 427. The molecule has 0 aliphatic carbocycles. The van der Waals surface area contributed by atoms with E-state index in [2.05, 4.69) is 27.6 Å². The Labute approximate surface area is 94.1 Å². The predicted molar refractivity (Wildman–Crippen MR) is 59.7 cm³/mol. The second-order valence-corrected chi connectivity index (χ2v) is 3.94. The van der Waals surface area contributed by atoms with Crippen LogP contribution in [-0.2, 0) is 0 Å². The topological polar surface area (TPSA) is 26.0 Å². The third-order valence-corrected chi connectivity index (χ3v) is 2.73. The molecule has 0 N–H and O–H groups in total. The van der Waals surface area contributed by atoms with Crippen molar-refractivity contribution in [3.63, 3.8) is 0 Å². The van der Waals surface area contributed by atoms with Crippen LogP contribution in [-0.4, -0.2) is 4.98 Å². The number of rotatable bonds is 1. The van der Waals surface area contributed by atoms with Crippen LogP contribution >= 0.6 is 34.2 Å². The van der Waals surface area contributed by atoms with Gasteiger partial charge in [0, 0.05) is 9.13 Å². The molecule has 2 nitrogen and oxygen atoms in total. The molecule has 0 radical (unpaired) electrons. The van der Waals surface area contributed by atoms with Gasteiger partial charge in [0.2, 0.25) is 0 Å². The fourth-order valence-corrected chi connectivity index (χ4v) is 1.82. The summed E-state index contributed by atoms with van der Waals surface area (Å²) >= 11 is 7.82. The van der Waals surface area contributed by atoms with Gasteiger partial charge in [0.25, 0.3) is 5.35 Å². The molecule has 4 heteroatoms. The maximum Gasteiger partial charge on any atom is 0.292 e. The minimum atomic E-state index is 0.176. The van der Waals surface area contributed by atoms with Gasteiger partial charge in [-0.15, -0.1) is 0 Å². The summed E-state index contributed by atoms with van der Waals surface area (Å²) in [5.41, 5.74) is 1.02. The smallest absolute Gasteiger partial charge is 0.292 e. The fourth-order valence-electron chi connectivity index (χ4n) is 1.04. The Morgan fingerprint density at radius 3 is 2.69 bits per heavy atom. The molecule has 0 spiro atoms. The van der Waals surface area contributed by atoms with Crippen LogP contribution in [0.4, 0.5) is 0 Å². The van der Waals surface area contributed by atoms with Gasteiger partial charge in [-0.2, -0.15) is 0 Å². The molecular weight excluding hydrogens is 300 g/mol. The molecule has 0 fully saturated rings. The zero-order valence-corrected chi connectivity index (χ0v) is 9.41. The number of benzene rings is 1. The molecule has 13 heavy (non-hydrogen) atoms. The molecule has 0 atom stereocenters. The Morgan fingerprint density at radius 1 is 1.31 bits per heavy atom. The quantitative estimate of drug-likeness (QED) is 0.752. The van der Waals surface area contributed by atoms with Gasteiger partial charge in [0.15, 0.2) is 5.76 Å². The lowest BCUT2D eigenvalue weighted by molar-refractivity contribution is 0.574. The van der Waals surface area contributed by atoms with Gasteiger partial charge in [-0.3, -0.25) is 0 Å². The van der Waals surface area contributed by atoms with E-state index in [1.165, 1.54) is 0 Å². The van der Waals surface area contributed by atoms with E-state index in [-0.39, 0.29) is 5.35 Å². The van der Waals surface area contributed by atoms with Crippen LogP contribution in [0.2, 0.25) is 5.35 Å². The maximum atomic E-state index is 5.58. The molecule has 0 saturated carbocycles. The second-order valence-electron chi connectivity index (χ2n) is 2.46. The van der Waals surface area contributed by atoms with E-state index < -0.39 is 0 Å². The summed E-state index contributed by atoms with van der Waals surface area (Å²) < 4.78 is 6.32. The van der Waals surface area contributed by atoms with E-state index in [4.69, 9.17) is 16.0 Å². The van der Waals surface area contributed by atoms with E-state index in [1.807, 2.05) is 24.3 Å². The number of nitrogens with zero attached hydrogens (tertiary/aromatic N) is 1. The molecule has 2 aromatic rings. The summed E-state index contributed by atoms with van der Waals surface area (Å²) in [6, 6.07) is 7.90. The Morgan fingerprint density at radius 2 is 2.08 bits per heavy atom. The van der Waals surface area contributed by atoms with Crippen LogP contribution in [0.25, 0.3) is 11.3 Å². The maximum absolute atomic E-state index is 5.58. The lowest BCUT2D eigenvalue weighted by Crippen LogP contribution is -1.77. The van der Waals surface area contributed by atoms with Gasteiger partial charge < -0.3 is 4.42 Å². The molecule has 1 aromatic heterocycles. The normalized spacial score (nSPS) is 10.3. The van der Waals surface area contributed by atoms with Crippen LogP contribution in [0.5, 0.6) is 0 Å². The second kappa shape index (κ2) is 3.67. The third-order valence-electron chi connectivity index (χ3n) is 1.62. The molecule has 0 aliphatic rings. The van der Waals surface area contributed by atoms with Crippen molar-refractivity contribution in [1.29, 1.82) is 0 Å². The summed E-state index contributed by atoms with van der Waals surface area (Å²) in [6.45, 7) is 0. The van der Waals surface area contributed by atoms with Crippen LogP contribution < -0.4 is 0 Å². The minimum absolute atomic E-state index is 0.176. The molecule has 66 valence electrons. The first-order valence-electron chi connectivity index (χ1n) is 3.63. The van der Waals surface area contributed by atoms with Crippen LogP contribution in [0.15, 0.2) is 34.9 Å². The first-order chi connectivity index (χ1) is 6.27. The van der Waals surface area contributed by atoms with Crippen molar-refractivity contribution in [3.05, 3.63) is 39.4 Å². The van der Waals surface area contributed by atoms with Crippen LogP contribution in [0.3, 0.4) is 0 Å². The molecule has 0 unspecified atom stereocenters. The number of oxazole rings is 1. The van der Waals surface area contributed by atoms with Crippen LogP contribution in [0, 0.1) is 3.57 Å². The third kappa shape index (κ3) is 1.86. The molecule has 0 amide bonds. The van der Waals surface area contributed by atoms with Crippen molar-refractivity contribution in [3.8, 4) is 11.3 Å². The molecule has 0 aliphatic heterocycles. The predicted octanol–water partition coefficient (Wildman–Crippen LogP) is 3.60. The van der Waals surface area contributed by atoms with E-state index in [0.717, 1.165) is 9.13 Å². The summed E-state index contributed by atoms with van der Waals surface area (Å²) in [5.74, 6) is 0.704. The first kappa shape index (κ1) is 9.02. The standard InChI is InChI=1S/C9H5ClINO/c10-9-12-5-8(13-9)6-3-1-2-4-7(6)11/h1-5H. The highest BCUT2D eigenvalue weighted by atomic mass is 127. The lowest BCUT2D eigenvalue weighted by atomic mass is 10.2. The molecule has 0 bridgehead atoms. The van der Waals surface area contributed by atoms with Crippen LogP contribution in [0.1, 0.15) is 0 Å². The number of aromatic nitrogens is 1. The summed E-state index contributed by atoms with van der Waals surface area (Å²) in [4.78, 5) is 3.83. The van der Waals surface area contributed by atoms with Crippen molar-refractivity contribution in [2.24, 2.45) is 0 Å². The summed E-state index contributed by atoms with van der Waals surface area (Å²) in [6.07, 6.45) is 1.62. The molecule has 2 rings (SSSR count). The average molecular weight is 306 g/mol. The fraction of sp³-hybridized carbons (Fsp3) is 0. The van der Waals surface area contributed by atoms with Crippen molar-refractivity contribution in [2.45, 2.75) is 0 Å². The van der Waals surface area contributed by atoms with Gasteiger partial charge in [0.1, 0.15) is 0 Å².